The van der Waals surface area contributed by atoms with Crippen LogP contribution in [-0.2, 0) is 20.2 Å². The van der Waals surface area contributed by atoms with Crippen molar-refractivity contribution in [3.63, 3.8) is 0 Å². The SMILES string of the molecule is CC(C)CCCCCCCCCS(=O)(=O)[O-].CCCCS(=O)(=O)[O-].CC[N+](CC)(CC)CC.CC[N+](CC)(CC)CC. The molecule has 0 aliphatic heterocycles. The van der Waals surface area contributed by atoms with Gasteiger partial charge in [0.1, 0.15) is 0 Å². The van der Waals surface area contributed by atoms with E-state index in [2.05, 4.69) is 69.2 Å². The Morgan fingerprint density at radius 3 is 0.905 bits per heavy atom. The lowest BCUT2D eigenvalue weighted by Crippen LogP contribution is -2.47. The quantitative estimate of drug-likeness (QED) is 0.0729. The molecular weight excluding hydrogens is 572 g/mol. The number of hydrogen-bond acceptors (Lipinski definition) is 6. The molecule has 0 aromatic rings. The molecule has 0 radical (unpaired) electrons. The van der Waals surface area contributed by atoms with Crippen molar-refractivity contribution < 1.29 is 34.9 Å². The van der Waals surface area contributed by atoms with Crippen molar-refractivity contribution in [2.75, 3.05) is 63.9 Å². The van der Waals surface area contributed by atoms with E-state index in [1.165, 1.54) is 87.0 Å². The monoisotopic (exact) mass is 646 g/mol. The summed E-state index contributed by atoms with van der Waals surface area (Å²) < 4.78 is 63.0. The second kappa shape index (κ2) is 29.5. The van der Waals surface area contributed by atoms with Crippen molar-refractivity contribution in [1.82, 2.24) is 0 Å². The fraction of sp³-hybridized carbons (Fsp3) is 1.00. The first-order chi connectivity index (χ1) is 19.5. The average molecular weight is 647 g/mol. The number of unbranched alkanes of at least 4 members (excludes halogenated alkanes) is 7. The smallest absolute Gasteiger partial charge is 0.0945 e. The molecule has 0 fully saturated rings. The van der Waals surface area contributed by atoms with Crippen LogP contribution in [-0.4, -0.2) is 98.8 Å². The van der Waals surface area contributed by atoms with Crippen LogP contribution in [0.15, 0.2) is 0 Å². The molecule has 0 saturated heterocycles. The van der Waals surface area contributed by atoms with Crippen LogP contribution in [0.3, 0.4) is 0 Å². The van der Waals surface area contributed by atoms with Crippen LogP contribution in [0.2, 0.25) is 0 Å². The van der Waals surface area contributed by atoms with Crippen LogP contribution < -0.4 is 0 Å². The molecule has 0 N–H and O–H groups in total. The minimum absolute atomic E-state index is 0.194. The fourth-order valence-electron chi connectivity index (χ4n) is 4.72. The topological polar surface area (TPSA) is 114 Å². The summed E-state index contributed by atoms with van der Waals surface area (Å²) in [5.74, 6) is 0.381. The fourth-order valence-corrected chi connectivity index (χ4v) is 5.92. The molecule has 0 bridgehead atoms. The molecule has 0 atom stereocenters. The van der Waals surface area contributed by atoms with Gasteiger partial charge in [-0.3, -0.25) is 0 Å². The third-order valence-corrected chi connectivity index (χ3v) is 10.4. The highest BCUT2D eigenvalue weighted by molar-refractivity contribution is 7.85. The summed E-state index contributed by atoms with van der Waals surface area (Å²) in [5, 5.41) is 0. The van der Waals surface area contributed by atoms with Crippen LogP contribution >= 0.6 is 0 Å². The summed E-state index contributed by atoms with van der Waals surface area (Å²) in [5.41, 5.74) is 0. The number of hydrogen-bond donors (Lipinski definition) is 0. The van der Waals surface area contributed by atoms with E-state index < -0.39 is 20.2 Å². The minimum atomic E-state index is -3.99. The van der Waals surface area contributed by atoms with Crippen LogP contribution in [0.25, 0.3) is 0 Å². The predicted molar refractivity (Wildman–Crippen MR) is 181 cm³/mol. The summed E-state index contributed by atoms with van der Waals surface area (Å²) in [6, 6.07) is 0. The standard InChI is InChI=1S/C12H26O3S.2C8H20N.C4H10O3S/c1-12(2)10-8-6-4-3-5-7-9-11-16(13,14)15;2*1-5-9(6-2,7-3)8-4;1-2-3-4-8(5,6)7/h12H,3-11H2,1-2H3,(H,13,14,15);2*5-8H2,1-4H3;2-4H2,1H3,(H,5,6,7)/q;2*+1;/p-2. The first-order valence-electron chi connectivity index (χ1n) is 17.0. The van der Waals surface area contributed by atoms with Gasteiger partial charge in [0.15, 0.2) is 0 Å². The first kappa shape index (κ1) is 48.6. The summed E-state index contributed by atoms with van der Waals surface area (Å²) in [7, 11) is -7.92. The molecule has 42 heavy (non-hydrogen) atoms. The van der Waals surface area contributed by atoms with Crippen LogP contribution in [0.5, 0.6) is 0 Å². The van der Waals surface area contributed by atoms with Crippen molar-refractivity contribution in [3.05, 3.63) is 0 Å². The van der Waals surface area contributed by atoms with Crippen LogP contribution in [0.1, 0.15) is 140 Å². The maximum Gasteiger partial charge on any atom is 0.0945 e. The summed E-state index contributed by atoms with van der Waals surface area (Å²) >= 11 is 0. The van der Waals surface area contributed by atoms with Gasteiger partial charge in [0.25, 0.3) is 0 Å². The van der Waals surface area contributed by atoms with E-state index in [1.807, 2.05) is 6.92 Å². The molecular formula is C32H74N2O6S2. The first-order valence-corrected chi connectivity index (χ1v) is 20.2. The highest BCUT2D eigenvalue weighted by Gasteiger charge is 2.17. The molecule has 0 aliphatic carbocycles. The molecule has 0 aromatic heterocycles. The number of nitrogens with zero attached hydrogens (tertiary/aromatic N) is 2. The van der Waals surface area contributed by atoms with E-state index in [9.17, 15) is 25.9 Å². The van der Waals surface area contributed by atoms with E-state index in [1.54, 1.807) is 0 Å². The van der Waals surface area contributed by atoms with E-state index >= 15 is 0 Å². The molecule has 0 heterocycles. The van der Waals surface area contributed by atoms with Gasteiger partial charge < -0.3 is 18.1 Å². The van der Waals surface area contributed by atoms with Crippen molar-refractivity contribution in [2.45, 2.75) is 140 Å². The molecule has 0 aliphatic rings. The van der Waals surface area contributed by atoms with Crippen LogP contribution in [0, 0.1) is 5.92 Å². The zero-order valence-corrected chi connectivity index (χ0v) is 31.5. The summed E-state index contributed by atoms with van der Waals surface area (Å²) in [6.45, 7) is 34.8. The minimum Gasteiger partial charge on any atom is -0.748 e. The molecule has 0 rings (SSSR count). The number of quaternary nitrogens is 2. The summed E-state index contributed by atoms with van der Waals surface area (Å²) in [6.07, 6.45) is 9.95. The van der Waals surface area contributed by atoms with Gasteiger partial charge in [-0.05, 0) is 74.1 Å². The maximum atomic E-state index is 10.3. The predicted octanol–water partition coefficient (Wildman–Crippen LogP) is 7.41. The zero-order valence-electron chi connectivity index (χ0n) is 29.9. The van der Waals surface area contributed by atoms with Crippen molar-refractivity contribution in [1.29, 1.82) is 0 Å². The van der Waals surface area contributed by atoms with Crippen molar-refractivity contribution in [2.24, 2.45) is 5.92 Å². The lowest BCUT2D eigenvalue weighted by molar-refractivity contribution is -0.921. The van der Waals surface area contributed by atoms with Gasteiger partial charge in [-0.1, -0.05) is 72.1 Å². The normalized spacial score (nSPS) is 12.0. The molecule has 260 valence electrons. The van der Waals surface area contributed by atoms with E-state index in [0.717, 1.165) is 31.6 Å². The Hall–Kier alpha value is -0.260. The van der Waals surface area contributed by atoms with Gasteiger partial charge in [0.05, 0.1) is 72.6 Å². The Kier molecular flexibility index (Phi) is 34.1. The second-order valence-electron chi connectivity index (χ2n) is 11.7. The van der Waals surface area contributed by atoms with Crippen LogP contribution in [0.4, 0.5) is 0 Å². The molecule has 0 unspecified atom stereocenters. The van der Waals surface area contributed by atoms with E-state index in [0.29, 0.717) is 12.8 Å². The largest absolute Gasteiger partial charge is 0.748 e. The number of rotatable bonds is 21. The van der Waals surface area contributed by atoms with Gasteiger partial charge in [-0.15, -0.1) is 0 Å². The molecule has 10 heteroatoms. The van der Waals surface area contributed by atoms with Gasteiger partial charge >= 0.3 is 0 Å². The second-order valence-corrected chi connectivity index (χ2v) is 14.8. The van der Waals surface area contributed by atoms with Gasteiger partial charge in [-0.2, -0.15) is 0 Å². The highest BCUT2D eigenvalue weighted by atomic mass is 32.2. The average Bonchev–Trinajstić information content (AvgIpc) is 2.94. The Morgan fingerprint density at radius 2 is 0.714 bits per heavy atom. The van der Waals surface area contributed by atoms with E-state index in [-0.39, 0.29) is 11.5 Å². The molecule has 8 nitrogen and oxygen atoms in total. The van der Waals surface area contributed by atoms with Gasteiger partial charge in [0.2, 0.25) is 0 Å². The van der Waals surface area contributed by atoms with Gasteiger partial charge in [-0.25, -0.2) is 16.8 Å². The summed E-state index contributed by atoms with van der Waals surface area (Å²) in [4.78, 5) is 0. The van der Waals surface area contributed by atoms with Crippen molar-refractivity contribution in [3.8, 4) is 0 Å². The Morgan fingerprint density at radius 1 is 0.452 bits per heavy atom. The molecule has 0 saturated carbocycles. The Bertz CT molecular complexity index is 709. The van der Waals surface area contributed by atoms with Gasteiger partial charge in [0, 0.05) is 11.5 Å². The zero-order chi connectivity index (χ0) is 33.7. The lowest BCUT2D eigenvalue weighted by atomic mass is 10.0. The Labute approximate surface area is 264 Å². The Balaban J connectivity index is -0.000000241. The molecule has 0 spiro atoms. The molecule has 0 amide bonds. The third kappa shape index (κ3) is 34.2. The maximum absolute atomic E-state index is 10.3. The van der Waals surface area contributed by atoms with Crippen molar-refractivity contribution >= 4 is 20.2 Å². The molecule has 0 aromatic carbocycles. The van der Waals surface area contributed by atoms with E-state index in [4.69, 9.17) is 0 Å². The third-order valence-electron chi connectivity index (χ3n) is 8.79. The lowest BCUT2D eigenvalue weighted by Gasteiger charge is -2.34. The highest BCUT2D eigenvalue weighted by Crippen LogP contribution is 2.12.